The van der Waals surface area contributed by atoms with Gasteiger partial charge in [0.1, 0.15) is 22.8 Å². The van der Waals surface area contributed by atoms with E-state index in [9.17, 15) is 9.90 Å². The van der Waals surface area contributed by atoms with Crippen LogP contribution in [0.3, 0.4) is 0 Å². The molecule has 0 aromatic heterocycles. The number of ether oxygens (including phenoxy) is 2. The lowest BCUT2D eigenvalue weighted by atomic mass is 10.1. The van der Waals surface area contributed by atoms with Gasteiger partial charge in [-0.2, -0.15) is 0 Å². The molecule has 0 saturated carbocycles. The zero-order valence-corrected chi connectivity index (χ0v) is 9.74. The summed E-state index contributed by atoms with van der Waals surface area (Å²) in [5.41, 5.74) is 0.203. The molecule has 0 spiro atoms. The molecule has 16 heavy (non-hydrogen) atoms. The molecule has 1 aromatic carbocycles. The summed E-state index contributed by atoms with van der Waals surface area (Å²) in [7, 11) is 1.49. The molecule has 0 fully saturated rings. The minimum atomic E-state index is -0.230. The van der Waals surface area contributed by atoms with Gasteiger partial charge in [-0.15, -0.1) is 0 Å². The number of carbonyl (C=O) groups excluding carboxylic acids is 1. The molecule has 0 heterocycles. The number of benzene rings is 1. The van der Waals surface area contributed by atoms with Gasteiger partial charge in [-0.1, -0.05) is 6.92 Å². The number of aromatic hydroxyl groups is 1. The number of ketones is 1. The summed E-state index contributed by atoms with van der Waals surface area (Å²) in [5, 5.41) is 9.69. The second-order valence-electron chi connectivity index (χ2n) is 3.42. The maximum absolute atomic E-state index is 11.4. The van der Waals surface area contributed by atoms with Gasteiger partial charge in [0, 0.05) is 12.1 Å². The number of Topliss-reactive ketones (excluding diaryl/α,β-unsaturated/α-hetero) is 1. The van der Waals surface area contributed by atoms with E-state index >= 15 is 0 Å². The third-order valence-electron chi connectivity index (χ3n) is 2.10. The van der Waals surface area contributed by atoms with Crippen molar-refractivity contribution in [2.45, 2.75) is 20.3 Å². The minimum Gasteiger partial charge on any atom is -0.507 e. The topological polar surface area (TPSA) is 55.8 Å². The molecule has 0 atom stereocenters. The molecule has 1 aromatic rings. The average Bonchev–Trinajstić information content (AvgIpc) is 2.24. The first kappa shape index (κ1) is 12.4. The van der Waals surface area contributed by atoms with Crippen LogP contribution in [0, 0.1) is 0 Å². The molecule has 0 saturated heterocycles. The Morgan fingerprint density at radius 2 is 2.12 bits per heavy atom. The van der Waals surface area contributed by atoms with Crippen molar-refractivity contribution in [2.75, 3.05) is 13.7 Å². The molecule has 88 valence electrons. The molecule has 1 N–H and O–H groups in total. The molecule has 1 rings (SSSR count). The summed E-state index contributed by atoms with van der Waals surface area (Å²) >= 11 is 0. The predicted octanol–water partition coefficient (Wildman–Crippen LogP) is 2.39. The molecule has 0 radical (unpaired) electrons. The van der Waals surface area contributed by atoms with Crippen molar-refractivity contribution in [1.29, 1.82) is 0 Å². The van der Waals surface area contributed by atoms with Crippen molar-refractivity contribution < 1.29 is 19.4 Å². The molecule has 0 unspecified atom stereocenters. The summed E-state index contributed by atoms with van der Waals surface area (Å²) in [6.45, 7) is 3.85. The Balaban J connectivity index is 3.17. The van der Waals surface area contributed by atoms with Crippen molar-refractivity contribution >= 4 is 5.78 Å². The molecule has 0 aliphatic carbocycles. The van der Waals surface area contributed by atoms with Crippen molar-refractivity contribution in [2.24, 2.45) is 0 Å². The number of carbonyl (C=O) groups is 1. The summed E-state index contributed by atoms with van der Waals surface area (Å²) in [6.07, 6.45) is 0.829. The Morgan fingerprint density at radius 3 is 2.62 bits per heavy atom. The third kappa shape index (κ3) is 2.66. The Bertz CT molecular complexity index is 385. The van der Waals surface area contributed by atoms with E-state index < -0.39 is 0 Å². The van der Waals surface area contributed by atoms with Crippen molar-refractivity contribution in [1.82, 2.24) is 0 Å². The van der Waals surface area contributed by atoms with E-state index in [1.807, 2.05) is 6.92 Å². The van der Waals surface area contributed by atoms with Crippen LogP contribution in [-0.4, -0.2) is 24.6 Å². The fourth-order valence-electron chi connectivity index (χ4n) is 1.37. The van der Waals surface area contributed by atoms with Crippen LogP contribution in [0.4, 0.5) is 0 Å². The van der Waals surface area contributed by atoms with Crippen LogP contribution in [0.25, 0.3) is 0 Å². The maximum Gasteiger partial charge on any atom is 0.167 e. The molecule has 0 aliphatic heterocycles. The van der Waals surface area contributed by atoms with E-state index in [4.69, 9.17) is 9.47 Å². The number of hydrogen-bond donors (Lipinski definition) is 1. The normalized spacial score (nSPS) is 9.94. The Hall–Kier alpha value is -1.71. The average molecular weight is 224 g/mol. The summed E-state index contributed by atoms with van der Waals surface area (Å²) in [4.78, 5) is 11.4. The van der Waals surface area contributed by atoms with E-state index in [-0.39, 0.29) is 17.1 Å². The zero-order valence-electron chi connectivity index (χ0n) is 9.74. The fourth-order valence-corrected chi connectivity index (χ4v) is 1.37. The Morgan fingerprint density at radius 1 is 1.44 bits per heavy atom. The number of phenolic OH excluding ortho intramolecular Hbond substituents is 1. The highest BCUT2D eigenvalue weighted by atomic mass is 16.5. The first-order valence-electron chi connectivity index (χ1n) is 5.14. The van der Waals surface area contributed by atoms with Crippen molar-refractivity contribution in [3.63, 3.8) is 0 Å². The van der Waals surface area contributed by atoms with E-state index in [0.29, 0.717) is 18.1 Å². The van der Waals surface area contributed by atoms with Gasteiger partial charge in [0.05, 0.1) is 13.7 Å². The molecule has 0 bridgehead atoms. The number of methoxy groups -OCH3 is 1. The van der Waals surface area contributed by atoms with Crippen LogP contribution in [0.1, 0.15) is 30.6 Å². The van der Waals surface area contributed by atoms with E-state index in [1.165, 1.54) is 20.1 Å². The van der Waals surface area contributed by atoms with E-state index in [2.05, 4.69) is 0 Å². The molecule has 4 heteroatoms. The summed E-state index contributed by atoms with van der Waals surface area (Å²) in [6, 6.07) is 3.00. The van der Waals surface area contributed by atoms with Crippen LogP contribution in [-0.2, 0) is 0 Å². The largest absolute Gasteiger partial charge is 0.507 e. The Kier molecular flexibility index (Phi) is 4.17. The van der Waals surface area contributed by atoms with Gasteiger partial charge in [-0.05, 0) is 13.3 Å². The number of hydrogen-bond acceptors (Lipinski definition) is 4. The van der Waals surface area contributed by atoms with Crippen molar-refractivity contribution in [3.8, 4) is 17.2 Å². The summed E-state index contributed by atoms with van der Waals surface area (Å²) < 4.78 is 10.4. The third-order valence-corrected chi connectivity index (χ3v) is 2.10. The highest BCUT2D eigenvalue weighted by Gasteiger charge is 2.16. The lowest BCUT2D eigenvalue weighted by molar-refractivity contribution is 0.101. The second-order valence-corrected chi connectivity index (χ2v) is 3.42. The van der Waals surface area contributed by atoms with Crippen LogP contribution in [0.2, 0.25) is 0 Å². The maximum atomic E-state index is 11.4. The molecular weight excluding hydrogens is 208 g/mol. The highest BCUT2D eigenvalue weighted by molar-refractivity contribution is 5.99. The first-order chi connectivity index (χ1) is 7.60. The smallest absolute Gasteiger partial charge is 0.167 e. The lowest BCUT2D eigenvalue weighted by Gasteiger charge is -2.12. The second kappa shape index (κ2) is 5.39. The minimum absolute atomic E-state index is 0.113. The quantitative estimate of drug-likeness (QED) is 0.780. The molecule has 4 nitrogen and oxygen atoms in total. The van der Waals surface area contributed by atoms with E-state index in [0.717, 1.165) is 6.42 Å². The predicted molar refractivity (Wildman–Crippen MR) is 60.4 cm³/mol. The zero-order chi connectivity index (χ0) is 12.1. The van der Waals surface area contributed by atoms with Gasteiger partial charge in [-0.25, -0.2) is 0 Å². The van der Waals surface area contributed by atoms with Gasteiger partial charge in [-0.3, -0.25) is 4.79 Å². The molecular formula is C12H16O4. The first-order valence-corrected chi connectivity index (χ1v) is 5.14. The standard InChI is InChI=1S/C12H16O4/c1-4-5-16-11-7-9(15-3)6-10(14)12(11)8(2)13/h6-7,14H,4-5H2,1-3H3. The molecule has 0 aliphatic rings. The van der Waals surface area contributed by atoms with Crippen molar-refractivity contribution in [3.05, 3.63) is 17.7 Å². The van der Waals surface area contributed by atoms with Gasteiger partial charge >= 0.3 is 0 Å². The number of phenols is 1. The van der Waals surface area contributed by atoms with Gasteiger partial charge in [0.25, 0.3) is 0 Å². The van der Waals surface area contributed by atoms with Gasteiger partial charge in [0.2, 0.25) is 0 Å². The van der Waals surface area contributed by atoms with E-state index in [1.54, 1.807) is 6.07 Å². The van der Waals surface area contributed by atoms with Crippen LogP contribution >= 0.6 is 0 Å². The van der Waals surface area contributed by atoms with Crippen LogP contribution in [0.5, 0.6) is 17.2 Å². The summed E-state index contributed by atoms with van der Waals surface area (Å²) in [5.74, 6) is 0.490. The fraction of sp³-hybridized carbons (Fsp3) is 0.417. The Labute approximate surface area is 94.8 Å². The van der Waals surface area contributed by atoms with Crippen LogP contribution in [0.15, 0.2) is 12.1 Å². The van der Waals surface area contributed by atoms with Crippen LogP contribution < -0.4 is 9.47 Å². The number of rotatable bonds is 5. The highest BCUT2D eigenvalue weighted by Crippen LogP contribution is 2.33. The SMILES string of the molecule is CCCOc1cc(OC)cc(O)c1C(C)=O. The van der Waals surface area contributed by atoms with Gasteiger partial charge < -0.3 is 14.6 Å². The monoisotopic (exact) mass is 224 g/mol. The lowest BCUT2D eigenvalue weighted by Crippen LogP contribution is -2.03. The molecule has 0 amide bonds. The van der Waals surface area contributed by atoms with Gasteiger partial charge in [0.15, 0.2) is 5.78 Å².